The zero-order valence-electron chi connectivity index (χ0n) is 10.1. The molecule has 0 aliphatic carbocycles. The van der Waals surface area contributed by atoms with Crippen molar-refractivity contribution >= 4 is 5.65 Å². The molecular formula is C13H12N4O. The first-order valence-corrected chi connectivity index (χ1v) is 5.63. The van der Waals surface area contributed by atoms with Crippen LogP contribution in [0.4, 0.5) is 0 Å². The Kier molecular flexibility index (Phi) is 2.26. The number of rotatable bonds is 1. The third kappa shape index (κ3) is 1.52. The van der Waals surface area contributed by atoms with Crippen molar-refractivity contribution < 1.29 is 5.11 Å². The first-order chi connectivity index (χ1) is 8.66. The number of phenolic OH excluding ortho intramolecular Hbond substituents is 1. The minimum absolute atomic E-state index is 0.197. The maximum Gasteiger partial charge on any atom is 0.172 e. The standard InChI is InChI=1S/C13H12N4O/c1-8-3-4-10(11(18)7-8)13-16-15-9(2)12-14-5-6-17(12)13/h3-7,18H,1-2H3. The van der Waals surface area contributed by atoms with Gasteiger partial charge < -0.3 is 5.11 Å². The molecular weight excluding hydrogens is 228 g/mol. The Morgan fingerprint density at radius 1 is 1.17 bits per heavy atom. The van der Waals surface area contributed by atoms with E-state index in [0.29, 0.717) is 11.4 Å². The Bertz CT molecular complexity index is 733. The lowest BCUT2D eigenvalue weighted by Gasteiger charge is -2.07. The van der Waals surface area contributed by atoms with Gasteiger partial charge in [0.25, 0.3) is 0 Å². The van der Waals surface area contributed by atoms with Gasteiger partial charge in [0.1, 0.15) is 11.4 Å². The molecule has 1 N–H and O–H groups in total. The van der Waals surface area contributed by atoms with Gasteiger partial charge in [-0.15, -0.1) is 10.2 Å². The van der Waals surface area contributed by atoms with Crippen molar-refractivity contribution in [2.75, 3.05) is 0 Å². The van der Waals surface area contributed by atoms with Crippen molar-refractivity contribution in [3.05, 3.63) is 41.9 Å². The molecule has 90 valence electrons. The van der Waals surface area contributed by atoms with Crippen LogP contribution in [-0.4, -0.2) is 24.7 Å². The van der Waals surface area contributed by atoms with Crippen LogP contribution >= 0.6 is 0 Å². The van der Waals surface area contributed by atoms with Crippen molar-refractivity contribution in [2.45, 2.75) is 13.8 Å². The first-order valence-electron chi connectivity index (χ1n) is 5.63. The molecule has 0 radical (unpaired) electrons. The summed E-state index contributed by atoms with van der Waals surface area (Å²) >= 11 is 0. The second kappa shape index (κ2) is 3.80. The Balaban J connectivity index is 2.32. The smallest absolute Gasteiger partial charge is 0.172 e. The van der Waals surface area contributed by atoms with Gasteiger partial charge in [0.15, 0.2) is 11.5 Å². The molecule has 0 amide bonds. The number of hydrogen-bond acceptors (Lipinski definition) is 4. The molecule has 2 aromatic heterocycles. The maximum absolute atomic E-state index is 10.0. The van der Waals surface area contributed by atoms with E-state index < -0.39 is 0 Å². The van der Waals surface area contributed by atoms with Crippen LogP contribution in [-0.2, 0) is 0 Å². The molecule has 18 heavy (non-hydrogen) atoms. The zero-order valence-corrected chi connectivity index (χ0v) is 10.1. The Morgan fingerprint density at radius 2 is 2.00 bits per heavy atom. The Morgan fingerprint density at radius 3 is 2.78 bits per heavy atom. The lowest BCUT2D eigenvalue weighted by Crippen LogP contribution is -2.01. The van der Waals surface area contributed by atoms with Crippen LogP contribution in [0.25, 0.3) is 17.0 Å². The number of imidazole rings is 1. The van der Waals surface area contributed by atoms with Crippen LogP contribution in [0, 0.1) is 13.8 Å². The van der Waals surface area contributed by atoms with Gasteiger partial charge in [-0.3, -0.25) is 4.40 Å². The van der Waals surface area contributed by atoms with E-state index in [4.69, 9.17) is 0 Å². The highest BCUT2D eigenvalue weighted by molar-refractivity contribution is 5.66. The summed E-state index contributed by atoms with van der Waals surface area (Å²) in [4.78, 5) is 4.23. The summed E-state index contributed by atoms with van der Waals surface area (Å²) in [6, 6.07) is 5.47. The van der Waals surface area contributed by atoms with E-state index in [9.17, 15) is 5.11 Å². The number of aromatic hydroxyl groups is 1. The predicted molar refractivity (Wildman–Crippen MR) is 67.4 cm³/mol. The molecule has 0 unspecified atom stereocenters. The van der Waals surface area contributed by atoms with E-state index in [1.165, 1.54) is 0 Å². The summed E-state index contributed by atoms with van der Waals surface area (Å²) < 4.78 is 1.83. The molecule has 5 heteroatoms. The van der Waals surface area contributed by atoms with E-state index in [1.807, 2.05) is 36.6 Å². The van der Waals surface area contributed by atoms with Gasteiger partial charge in [-0.05, 0) is 31.5 Å². The molecule has 3 aromatic rings. The number of aromatic nitrogens is 4. The molecule has 0 saturated carbocycles. The maximum atomic E-state index is 10.0. The molecule has 0 fully saturated rings. The number of phenols is 1. The number of fused-ring (bicyclic) bond motifs is 1. The topological polar surface area (TPSA) is 63.3 Å². The van der Waals surface area contributed by atoms with Crippen LogP contribution in [0.2, 0.25) is 0 Å². The Labute approximate surface area is 104 Å². The molecule has 1 aromatic carbocycles. The average Bonchev–Trinajstić information content (AvgIpc) is 2.81. The monoisotopic (exact) mass is 240 g/mol. The second-order valence-corrected chi connectivity index (χ2v) is 4.25. The van der Waals surface area contributed by atoms with E-state index in [0.717, 1.165) is 16.9 Å². The highest BCUT2D eigenvalue weighted by Crippen LogP contribution is 2.28. The number of benzene rings is 1. The molecule has 2 heterocycles. The average molecular weight is 240 g/mol. The third-order valence-corrected chi connectivity index (χ3v) is 2.88. The zero-order chi connectivity index (χ0) is 12.7. The van der Waals surface area contributed by atoms with Crippen LogP contribution in [0.15, 0.2) is 30.6 Å². The van der Waals surface area contributed by atoms with Crippen molar-refractivity contribution in [3.8, 4) is 17.1 Å². The summed E-state index contributed by atoms with van der Waals surface area (Å²) in [6.07, 6.45) is 3.51. The number of aryl methyl sites for hydroxylation is 2. The van der Waals surface area contributed by atoms with Gasteiger partial charge in [-0.25, -0.2) is 4.98 Å². The van der Waals surface area contributed by atoms with E-state index in [-0.39, 0.29) is 5.75 Å². The molecule has 0 aliphatic rings. The van der Waals surface area contributed by atoms with Crippen LogP contribution in [0.1, 0.15) is 11.3 Å². The number of nitrogens with zero attached hydrogens (tertiary/aromatic N) is 4. The van der Waals surface area contributed by atoms with Crippen molar-refractivity contribution in [1.29, 1.82) is 0 Å². The van der Waals surface area contributed by atoms with Gasteiger partial charge in [0.2, 0.25) is 0 Å². The minimum atomic E-state index is 0.197. The van der Waals surface area contributed by atoms with Gasteiger partial charge in [0.05, 0.1) is 5.56 Å². The van der Waals surface area contributed by atoms with E-state index in [2.05, 4.69) is 15.2 Å². The minimum Gasteiger partial charge on any atom is -0.507 e. The highest BCUT2D eigenvalue weighted by Gasteiger charge is 2.12. The highest BCUT2D eigenvalue weighted by atomic mass is 16.3. The van der Waals surface area contributed by atoms with E-state index in [1.54, 1.807) is 12.3 Å². The van der Waals surface area contributed by atoms with Crippen molar-refractivity contribution in [3.63, 3.8) is 0 Å². The normalized spacial score (nSPS) is 11.0. The van der Waals surface area contributed by atoms with Crippen molar-refractivity contribution in [2.24, 2.45) is 0 Å². The molecule has 0 bridgehead atoms. The van der Waals surface area contributed by atoms with Crippen molar-refractivity contribution in [1.82, 2.24) is 19.6 Å². The van der Waals surface area contributed by atoms with Crippen LogP contribution in [0.3, 0.4) is 0 Å². The third-order valence-electron chi connectivity index (χ3n) is 2.88. The van der Waals surface area contributed by atoms with Gasteiger partial charge >= 0.3 is 0 Å². The quantitative estimate of drug-likeness (QED) is 0.707. The van der Waals surface area contributed by atoms with Gasteiger partial charge in [0, 0.05) is 12.4 Å². The van der Waals surface area contributed by atoms with Gasteiger partial charge in [-0.1, -0.05) is 6.07 Å². The molecule has 0 atom stereocenters. The lowest BCUT2D eigenvalue weighted by molar-refractivity contribution is 0.476. The van der Waals surface area contributed by atoms with Crippen LogP contribution < -0.4 is 0 Å². The molecule has 0 saturated heterocycles. The Hall–Kier alpha value is -2.43. The fraction of sp³-hybridized carbons (Fsp3) is 0.154. The summed E-state index contributed by atoms with van der Waals surface area (Å²) in [5.74, 6) is 0.786. The lowest BCUT2D eigenvalue weighted by atomic mass is 10.1. The molecule has 3 rings (SSSR count). The van der Waals surface area contributed by atoms with Gasteiger partial charge in [-0.2, -0.15) is 0 Å². The molecule has 0 spiro atoms. The fourth-order valence-electron chi connectivity index (χ4n) is 1.97. The summed E-state index contributed by atoms with van der Waals surface area (Å²) in [5, 5.41) is 18.2. The summed E-state index contributed by atoms with van der Waals surface area (Å²) in [6.45, 7) is 3.78. The first kappa shape index (κ1) is 10.7. The summed E-state index contributed by atoms with van der Waals surface area (Å²) in [5.41, 5.74) is 3.16. The largest absolute Gasteiger partial charge is 0.507 e. The second-order valence-electron chi connectivity index (χ2n) is 4.25. The summed E-state index contributed by atoms with van der Waals surface area (Å²) in [7, 11) is 0. The van der Waals surface area contributed by atoms with E-state index >= 15 is 0 Å². The molecule has 0 aliphatic heterocycles. The fourth-order valence-corrected chi connectivity index (χ4v) is 1.97. The number of hydrogen-bond donors (Lipinski definition) is 1. The molecule has 5 nitrogen and oxygen atoms in total. The predicted octanol–water partition coefficient (Wildman–Crippen LogP) is 2.11. The van der Waals surface area contributed by atoms with Crippen LogP contribution in [0.5, 0.6) is 5.75 Å². The SMILES string of the molecule is Cc1ccc(-c2nnc(C)c3nccn23)c(O)c1.